The van der Waals surface area contributed by atoms with Crippen molar-refractivity contribution in [2.24, 2.45) is 0 Å². The molecule has 0 saturated carbocycles. The van der Waals surface area contributed by atoms with Crippen LogP contribution in [0.3, 0.4) is 0 Å². The lowest BCUT2D eigenvalue weighted by molar-refractivity contribution is -0.139. The van der Waals surface area contributed by atoms with Gasteiger partial charge in [0.2, 0.25) is 0 Å². The van der Waals surface area contributed by atoms with Gasteiger partial charge in [-0.3, -0.25) is 13.9 Å². The van der Waals surface area contributed by atoms with Crippen LogP contribution in [-0.2, 0) is 41.8 Å². The van der Waals surface area contributed by atoms with Gasteiger partial charge in [0.05, 0.1) is 32.5 Å². The Morgan fingerprint density at radius 3 is 1.63 bits per heavy atom. The van der Waals surface area contributed by atoms with E-state index in [0.29, 0.717) is 12.7 Å². The number of carbonyl (C=O) groups excluding carboxylic acids is 4. The number of rotatable bonds is 22. The molecule has 236 valence electrons. The van der Waals surface area contributed by atoms with Gasteiger partial charge in [0, 0.05) is 31.8 Å². The van der Waals surface area contributed by atoms with Gasteiger partial charge in [0.1, 0.15) is 6.26 Å². The summed E-state index contributed by atoms with van der Waals surface area (Å²) in [6.45, 7) is 5.23. The van der Waals surface area contributed by atoms with Crippen LogP contribution < -0.4 is 21.3 Å². The quantitative estimate of drug-likeness (QED) is 0.0283. The predicted octanol–water partition coefficient (Wildman–Crippen LogP) is 0.564. The van der Waals surface area contributed by atoms with Crippen molar-refractivity contribution in [2.45, 2.75) is 32.6 Å². The Morgan fingerprint density at radius 2 is 1.17 bits per heavy atom. The highest BCUT2D eigenvalue weighted by Gasteiger charge is 2.20. The Bertz CT molecular complexity index is 972. The fraction of sp³-hybridized carbons (Fsp3) is 0.619. The molecular formula is C21H38N4O14P2. The maximum absolute atomic E-state index is 11.8. The van der Waals surface area contributed by atoms with Crippen molar-refractivity contribution >= 4 is 39.6 Å². The summed E-state index contributed by atoms with van der Waals surface area (Å²) in [7, 11) is -9.03. The molecule has 1 unspecified atom stereocenters. The lowest BCUT2D eigenvalue weighted by Crippen LogP contribution is -2.37. The standard InChI is InChI=1S/C21H38N4O14P2/c1-17(2)19(27)36-13-4-9-23-21(29)25-11-6-15-38-41(33,34)39-16-7-18(26)35-12-3-8-22-20(28)24-10-5-14-37-40(30,31)32/h7,16H,1,3-6,8-15H2,2H3,(H,33,34)(H2,22,24,28)(H2,23,25,29)(H2,30,31,32)/b16-7+. The molecule has 0 aliphatic heterocycles. The highest BCUT2D eigenvalue weighted by Crippen LogP contribution is 2.43. The summed E-state index contributed by atoms with van der Waals surface area (Å²) < 4.78 is 45.4. The molecular weight excluding hydrogens is 594 g/mol. The molecule has 4 amide bonds. The van der Waals surface area contributed by atoms with Gasteiger partial charge in [-0.05, 0) is 32.6 Å². The lowest BCUT2D eigenvalue weighted by Gasteiger charge is -2.11. The van der Waals surface area contributed by atoms with Gasteiger partial charge in [-0.25, -0.2) is 28.3 Å². The second-order valence-corrected chi connectivity index (χ2v) is 10.5. The number of urea groups is 2. The number of carbonyl (C=O) groups is 4. The minimum atomic E-state index is -4.54. The maximum atomic E-state index is 11.8. The normalized spacial score (nSPS) is 12.6. The van der Waals surface area contributed by atoms with Crippen LogP contribution in [0.15, 0.2) is 24.5 Å². The van der Waals surface area contributed by atoms with Crippen LogP contribution in [0.2, 0.25) is 0 Å². The Balaban J connectivity index is 3.79. The van der Waals surface area contributed by atoms with Gasteiger partial charge >= 0.3 is 39.6 Å². The SMILES string of the molecule is C=C(C)C(=O)OCCCNC(=O)NCCCOP(=O)(O)O/C=C/C(=O)OCCCNC(=O)NCCCOP(=O)(O)O. The molecule has 7 N–H and O–H groups in total. The minimum Gasteiger partial charge on any atom is -0.462 e. The van der Waals surface area contributed by atoms with Crippen molar-refractivity contribution in [3.05, 3.63) is 24.5 Å². The van der Waals surface area contributed by atoms with Crippen LogP contribution >= 0.6 is 15.6 Å². The summed E-state index contributed by atoms with van der Waals surface area (Å²) in [5.74, 6) is -1.38. The summed E-state index contributed by atoms with van der Waals surface area (Å²) in [5.41, 5.74) is 0.281. The average Bonchev–Trinajstić information content (AvgIpc) is 2.86. The van der Waals surface area contributed by atoms with E-state index in [4.69, 9.17) is 23.8 Å². The Labute approximate surface area is 237 Å². The van der Waals surface area contributed by atoms with E-state index in [-0.39, 0.29) is 77.4 Å². The van der Waals surface area contributed by atoms with Gasteiger partial charge < -0.3 is 45.1 Å². The first-order valence-electron chi connectivity index (χ1n) is 12.3. The largest absolute Gasteiger partial charge is 0.526 e. The summed E-state index contributed by atoms with van der Waals surface area (Å²) >= 11 is 0. The molecule has 0 aromatic rings. The van der Waals surface area contributed by atoms with Gasteiger partial charge in [-0.15, -0.1) is 0 Å². The zero-order chi connectivity index (χ0) is 31.2. The number of hydrogen-bond acceptors (Lipinski definition) is 11. The van der Waals surface area contributed by atoms with E-state index < -0.39 is 39.6 Å². The summed E-state index contributed by atoms with van der Waals surface area (Å²) in [6, 6.07) is -1.02. The Kier molecular flexibility index (Phi) is 20.1. The first-order valence-corrected chi connectivity index (χ1v) is 15.3. The Hall–Kier alpha value is -2.98. The molecule has 0 fully saturated rings. The molecule has 20 heteroatoms. The molecule has 18 nitrogen and oxygen atoms in total. The van der Waals surface area contributed by atoms with Crippen molar-refractivity contribution in [3.8, 4) is 0 Å². The van der Waals surface area contributed by atoms with Crippen molar-refractivity contribution < 1.29 is 66.0 Å². The number of esters is 2. The highest BCUT2D eigenvalue weighted by molar-refractivity contribution is 7.47. The zero-order valence-electron chi connectivity index (χ0n) is 22.6. The third-order valence-electron chi connectivity index (χ3n) is 4.16. The van der Waals surface area contributed by atoms with Gasteiger partial charge in [-0.2, -0.15) is 0 Å². The van der Waals surface area contributed by atoms with Crippen LogP contribution in [0.1, 0.15) is 32.6 Å². The monoisotopic (exact) mass is 632 g/mol. The molecule has 0 bridgehead atoms. The van der Waals surface area contributed by atoms with E-state index in [1.165, 1.54) is 6.92 Å². The fourth-order valence-electron chi connectivity index (χ4n) is 2.29. The van der Waals surface area contributed by atoms with Crippen LogP contribution in [0.4, 0.5) is 9.59 Å². The molecule has 0 saturated heterocycles. The predicted molar refractivity (Wildman–Crippen MR) is 142 cm³/mol. The molecule has 1 atom stereocenters. The second kappa shape index (κ2) is 21.7. The molecule has 41 heavy (non-hydrogen) atoms. The molecule has 0 heterocycles. The van der Waals surface area contributed by atoms with Gasteiger partial charge in [0.15, 0.2) is 0 Å². The van der Waals surface area contributed by atoms with Crippen LogP contribution in [-0.4, -0.2) is 91.3 Å². The topological polar surface area (TPSA) is 257 Å². The molecule has 0 aromatic heterocycles. The summed E-state index contributed by atoms with van der Waals surface area (Å²) in [5, 5.41) is 9.95. The Morgan fingerprint density at radius 1 is 0.732 bits per heavy atom. The average molecular weight is 632 g/mol. The first-order chi connectivity index (χ1) is 19.2. The summed E-state index contributed by atoms with van der Waals surface area (Å²) in [4.78, 5) is 72.5. The number of amides is 4. The number of phosphoric acid groups is 2. The van der Waals surface area contributed by atoms with E-state index in [1.807, 2.05) is 0 Å². The minimum absolute atomic E-state index is 0.0735. The number of nitrogens with one attached hydrogen (secondary N) is 4. The molecule has 0 aliphatic carbocycles. The third-order valence-corrected chi connectivity index (χ3v) is 5.58. The van der Waals surface area contributed by atoms with Crippen molar-refractivity contribution in [1.29, 1.82) is 0 Å². The molecule has 0 radical (unpaired) electrons. The van der Waals surface area contributed by atoms with E-state index in [2.05, 4.69) is 36.9 Å². The van der Waals surface area contributed by atoms with Crippen LogP contribution in [0, 0.1) is 0 Å². The summed E-state index contributed by atoms with van der Waals surface area (Å²) in [6.07, 6.45) is 2.44. The van der Waals surface area contributed by atoms with E-state index in [1.54, 1.807) is 0 Å². The fourth-order valence-corrected chi connectivity index (χ4v) is 3.29. The third kappa shape index (κ3) is 25.7. The number of ether oxygens (including phenoxy) is 2. The van der Waals surface area contributed by atoms with Gasteiger partial charge in [0.25, 0.3) is 0 Å². The zero-order valence-corrected chi connectivity index (χ0v) is 24.4. The van der Waals surface area contributed by atoms with E-state index in [9.17, 15) is 33.2 Å². The maximum Gasteiger partial charge on any atom is 0.526 e. The van der Waals surface area contributed by atoms with Crippen molar-refractivity contribution in [1.82, 2.24) is 21.3 Å². The number of phosphoric ester groups is 2. The lowest BCUT2D eigenvalue weighted by atomic mass is 10.3. The van der Waals surface area contributed by atoms with Crippen molar-refractivity contribution in [3.63, 3.8) is 0 Å². The molecule has 0 spiro atoms. The van der Waals surface area contributed by atoms with Crippen LogP contribution in [0.5, 0.6) is 0 Å². The van der Waals surface area contributed by atoms with Crippen molar-refractivity contribution in [2.75, 3.05) is 52.6 Å². The van der Waals surface area contributed by atoms with E-state index >= 15 is 0 Å². The molecule has 0 aromatic carbocycles. The molecule has 0 aliphatic rings. The molecule has 0 rings (SSSR count). The first kappa shape index (κ1) is 38.0. The smallest absolute Gasteiger partial charge is 0.462 e. The van der Waals surface area contributed by atoms with E-state index in [0.717, 1.165) is 6.08 Å². The van der Waals surface area contributed by atoms with Crippen LogP contribution in [0.25, 0.3) is 0 Å². The number of hydrogen-bond donors (Lipinski definition) is 7. The second-order valence-electron chi connectivity index (χ2n) is 7.90. The van der Waals surface area contributed by atoms with Gasteiger partial charge in [-0.1, -0.05) is 6.58 Å². The highest BCUT2D eigenvalue weighted by atomic mass is 31.2.